The molecule has 2 bridgehead atoms. The van der Waals surface area contributed by atoms with Crippen molar-refractivity contribution in [3.8, 4) is 17.0 Å². The van der Waals surface area contributed by atoms with Crippen LogP contribution in [0.1, 0.15) is 27.2 Å². The maximum atomic E-state index is 13.8. The van der Waals surface area contributed by atoms with Gasteiger partial charge in [-0.1, -0.05) is 0 Å². The van der Waals surface area contributed by atoms with Crippen LogP contribution in [0.15, 0.2) is 34.9 Å². The number of halogens is 3. The second kappa shape index (κ2) is 8.54. The number of benzene rings is 1. The van der Waals surface area contributed by atoms with Crippen LogP contribution in [0.25, 0.3) is 22.4 Å². The lowest BCUT2D eigenvalue weighted by molar-refractivity contribution is -0.200. The number of anilines is 1. The SMILES string of the molecule is CC(C)(C)OC(=O)N1C2CC1CN(c1nc3c(OC(F)(F)CO)ccc(-c4ccc(F)cn4)c3o1)C2. The lowest BCUT2D eigenvalue weighted by atomic mass is 9.88. The lowest BCUT2D eigenvalue weighted by Crippen LogP contribution is -2.70. The number of hydrogen-bond donors (Lipinski definition) is 1. The number of oxazole rings is 1. The van der Waals surface area contributed by atoms with E-state index in [2.05, 4.69) is 9.97 Å². The number of carbonyl (C=O) groups is 1. The first kappa shape index (κ1) is 24.2. The Morgan fingerprint density at radius 2 is 1.92 bits per heavy atom. The first-order valence-corrected chi connectivity index (χ1v) is 11.4. The molecule has 6 rings (SSSR count). The van der Waals surface area contributed by atoms with Crippen molar-refractivity contribution in [3.05, 3.63) is 36.3 Å². The van der Waals surface area contributed by atoms with Crippen molar-refractivity contribution in [2.24, 2.45) is 0 Å². The van der Waals surface area contributed by atoms with Gasteiger partial charge in [-0.05, 0) is 51.5 Å². The minimum Gasteiger partial charge on any atom is -0.444 e. The van der Waals surface area contributed by atoms with Crippen LogP contribution in [0.3, 0.4) is 0 Å². The summed E-state index contributed by atoms with van der Waals surface area (Å²) in [6, 6.07) is 5.33. The van der Waals surface area contributed by atoms with Crippen LogP contribution >= 0.6 is 0 Å². The zero-order chi connectivity index (χ0) is 25.8. The van der Waals surface area contributed by atoms with Crippen molar-refractivity contribution in [3.63, 3.8) is 0 Å². The van der Waals surface area contributed by atoms with Gasteiger partial charge in [0.05, 0.1) is 24.0 Å². The first-order valence-electron chi connectivity index (χ1n) is 11.4. The molecular weight excluding hydrogens is 481 g/mol. The van der Waals surface area contributed by atoms with Gasteiger partial charge in [-0.15, -0.1) is 0 Å². The second-order valence-corrected chi connectivity index (χ2v) is 9.88. The molecule has 2 atom stereocenters. The molecule has 3 aliphatic heterocycles. The predicted molar refractivity (Wildman–Crippen MR) is 122 cm³/mol. The average Bonchev–Trinajstić information content (AvgIpc) is 3.25. The monoisotopic (exact) mass is 506 g/mol. The number of hydrogen-bond acceptors (Lipinski definition) is 8. The van der Waals surface area contributed by atoms with Crippen LogP contribution in [0.4, 0.5) is 24.0 Å². The smallest absolute Gasteiger partial charge is 0.421 e. The van der Waals surface area contributed by atoms with E-state index in [4.69, 9.17) is 19.0 Å². The van der Waals surface area contributed by atoms with Crippen LogP contribution < -0.4 is 9.64 Å². The summed E-state index contributed by atoms with van der Waals surface area (Å²) in [6.45, 7) is 4.72. The summed E-state index contributed by atoms with van der Waals surface area (Å²) in [6.07, 6.45) is -2.38. The molecule has 1 N–H and O–H groups in total. The fourth-order valence-corrected chi connectivity index (χ4v) is 4.50. The number of aliphatic hydroxyl groups excluding tert-OH is 1. The normalized spacial score (nSPS) is 19.9. The van der Waals surface area contributed by atoms with Crippen LogP contribution in [0.2, 0.25) is 0 Å². The molecule has 3 aromatic rings. The van der Waals surface area contributed by atoms with E-state index in [9.17, 15) is 18.0 Å². The fourth-order valence-electron chi connectivity index (χ4n) is 4.50. The molecule has 9 nitrogen and oxygen atoms in total. The van der Waals surface area contributed by atoms with E-state index in [0.29, 0.717) is 24.3 Å². The van der Waals surface area contributed by atoms with E-state index in [1.807, 2.05) is 4.90 Å². The summed E-state index contributed by atoms with van der Waals surface area (Å²) in [5, 5.41) is 8.95. The molecule has 0 aliphatic carbocycles. The van der Waals surface area contributed by atoms with E-state index in [1.54, 1.807) is 25.7 Å². The summed E-state index contributed by atoms with van der Waals surface area (Å²) >= 11 is 0. The number of pyridine rings is 1. The number of piperidine rings is 1. The number of alkyl halides is 2. The summed E-state index contributed by atoms with van der Waals surface area (Å²) < 4.78 is 57.3. The topological polar surface area (TPSA) is 101 Å². The highest BCUT2D eigenvalue weighted by Crippen LogP contribution is 2.41. The highest BCUT2D eigenvalue weighted by atomic mass is 19.3. The number of aliphatic hydroxyl groups is 1. The number of ether oxygens (including phenoxy) is 2. The predicted octanol–water partition coefficient (Wildman–Crippen LogP) is 4.19. The van der Waals surface area contributed by atoms with Crippen LogP contribution in [0, 0.1) is 5.82 Å². The zero-order valence-corrected chi connectivity index (χ0v) is 19.9. The third-order valence-electron chi connectivity index (χ3n) is 6.01. The maximum absolute atomic E-state index is 13.8. The molecule has 1 aromatic carbocycles. The third-order valence-corrected chi connectivity index (χ3v) is 6.01. The van der Waals surface area contributed by atoms with Crippen LogP contribution in [-0.2, 0) is 4.74 Å². The minimum atomic E-state index is -3.83. The zero-order valence-electron chi connectivity index (χ0n) is 19.9. The number of piperazine rings is 1. The number of rotatable bonds is 5. The van der Waals surface area contributed by atoms with Crippen molar-refractivity contribution in [2.45, 2.75) is 51.0 Å². The quantitative estimate of drug-likeness (QED) is 0.550. The molecule has 12 heteroatoms. The van der Waals surface area contributed by atoms with Gasteiger partial charge in [0.1, 0.15) is 18.0 Å². The molecule has 3 saturated heterocycles. The molecule has 5 heterocycles. The van der Waals surface area contributed by atoms with Gasteiger partial charge in [0.15, 0.2) is 16.8 Å². The number of aromatic nitrogens is 2. The molecular formula is C24H25F3N4O5. The highest BCUT2D eigenvalue weighted by Gasteiger charge is 2.49. The molecule has 0 spiro atoms. The standard InChI is InChI=1S/C24H25F3N4O5/c1-23(2,3)36-22(33)31-14-8-15(31)11-30(10-14)21-29-19-18(35-24(26,27)12-32)7-5-16(20(19)34-21)17-6-4-13(25)9-28-17/h4-7,9,14-15,32H,8,10-12H2,1-3H3. The average molecular weight is 506 g/mol. The molecule has 0 saturated carbocycles. The molecule has 2 unspecified atom stereocenters. The largest absolute Gasteiger partial charge is 0.444 e. The Balaban J connectivity index is 1.47. The van der Waals surface area contributed by atoms with Crippen LogP contribution in [0.5, 0.6) is 5.75 Å². The molecule has 1 amide bonds. The van der Waals surface area contributed by atoms with Crippen molar-refractivity contribution < 1.29 is 37.0 Å². The number of carbonyl (C=O) groups excluding carboxylic acids is 1. The van der Waals surface area contributed by atoms with Gasteiger partial charge in [-0.25, -0.2) is 9.18 Å². The highest BCUT2D eigenvalue weighted by molar-refractivity contribution is 5.94. The van der Waals surface area contributed by atoms with Crippen molar-refractivity contribution in [2.75, 3.05) is 24.6 Å². The van der Waals surface area contributed by atoms with Crippen molar-refractivity contribution >= 4 is 23.2 Å². The Kier molecular flexibility index (Phi) is 5.73. The van der Waals surface area contributed by atoms with Gasteiger partial charge in [-0.3, -0.25) is 9.88 Å². The first-order chi connectivity index (χ1) is 16.9. The maximum Gasteiger partial charge on any atom is 0.421 e. The van der Waals surface area contributed by atoms with Crippen molar-refractivity contribution in [1.82, 2.24) is 14.9 Å². The lowest BCUT2D eigenvalue weighted by Gasteiger charge is -2.55. The van der Waals surface area contributed by atoms with E-state index >= 15 is 0 Å². The van der Waals surface area contributed by atoms with Gasteiger partial charge in [0, 0.05) is 18.7 Å². The molecule has 2 aromatic heterocycles. The number of amides is 1. The Hall–Kier alpha value is -3.54. The van der Waals surface area contributed by atoms with Crippen molar-refractivity contribution in [1.29, 1.82) is 0 Å². The van der Waals surface area contributed by atoms with Gasteiger partial charge >= 0.3 is 12.2 Å². The van der Waals surface area contributed by atoms with E-state index in [-0.39, 0.29) is 41.0 Å². The van der Waals surface area contributed by atoms with E-state index in [0.717, 1.165) is 12.6 Å². The van der Waals surface area contributed by atoms with Gasteiger partial charge in [-0.2, -0.15) is 13.8 Å². The number of nitrogens with zero attached hydrogens (tertiary/aromatic N) is 4. The molecule has 192 valence electrons. The summed E-state index contributed by atoms with van der Waals surface area (Å²) in [5.74, 6) is -0.819. The molecule has 0 radical (unpaired) electrons. The third kappa shape index (κ3) is 4.52. The Morgan fingerprint density at radius 1 is 1.19 bits per heavy atom. The summed E-state index contributed by atoms with van der Waals surface area (Å²) in [7, 11) is 0. The van der Waals surface area contributed by atoms with Gasteiger partial charge < -0.3 is 23.9 Å². The van der Waals surface area contributed by atoms with E-state index in [1.165, 1.54) is 24.3 Å². The Morgan fingerprint density at radius 3 is 2.53 bits per heavy atom. The number of fused-ring (bicyclic) bond motifs is 3. The molecule has 3 fully saturated rings. The fraction of sp³-hybridized carbons (Fsp3) is 0.458. The Bertz CT molecular complexity index is 1280. The minimum absolute atomic E-state index is 0.00463. The van der Waals surface area contributed by atoms with Gasteiger partial charge in [0.25, 0.3) is 6.01 Å². The van der Waals surface area contributed by atoms with Crippen LogP contribution in [-0.4, -0.2) is 69.6 Å². The molecule has 3 aliphatic rings. The summed E-state index contributed by atoms with van der Waals surface area (Å²) in [5.41, 5.74) is 0.269. The molecule has 36 heavy (non-hydrogen) atoms. The second-order valence-electron chi connectivity index (χ2n) is 9.88. The van der Waals surface area contributed by atoms with E-state index < -0.39 is 24.1 Å². The summed E-state index contributed by atoms with van der Waals surface area (Å²) in [4.78, 5) is 24.6. The van der Waals surface area contributed by atoms with Gasteiger partial charge in [0.2, 0.25) is 0 Å². The Labute approximate surface area is 204 Å².